The van der Waals surface area contributed by atoms with E-state index in [0.29, 0.717) is 0 Å². The molecule has 2 aromatic rings. The molecule has 0 radical (unpaired) electrons. The number of pyridine rings is 1. The summed E-state index contributed by atoms with van der Waals surface area (Å²) >= 11 is 0. The number of nitrogens with zero attached hydrogens (tertiary/aromatic N) is 5. The third-order valence-electron chi connectivity index (χ3n) is 3.84. The first kappa shape index (κ1) is 14.9. The fraction of sp³-hybridized carbons (Fsp3) is 0.438. The second kappa shape index (κ2) is 7.82. The van der Waals surface area contributed by atoms with E-state index in [1.807, 2.05) is 30.5 Å². The molecule has 0 amide bonds. The summed E-state index contributed by atoms with van der Waals surface area (Å²) in [7, 11) is 0. The number of anilines is 1. The van der Waals surface area contributed by atoms with Crippen molar-refractivity contribution in [2.24, 2.45) is 0 Å². The molecule has 0 spiro atoms. The van der Waals surface area contributed by atoms with E-state index in [4.69, 9.17) is 0 Å². The highest BCUT2D eigenvalue weighted by atomic mass is 15.3. The zero-order valence-electron chi connectivity index (χ0n) is 12.7. The van der Waals surface area contributed by atoms with E-state index in [9.17, 15) is 0 Å². The second-order valence-corrected chi connectivity index (χ2v) is 5.38. The van der Waals surface area contributed by atoms with Crippen LogP contribution >= 0.6 is 0 Å². The van der Waals surface area contributed by atoms with Gasteiger partial charge in [-0.15, -0.1) is 0 Å². The summed E-state index contributed by atoms with van der Waals surface area (Å²) in [6.07, 6.45) is 5.44. The molecule has 116 valence electrons. The average molecular weight is 298 g/mol. The topological polar surface area (TPSA) is 57.2 Å². The molecule has 3 rings (SSSR count). The van der Waals surface area contributed by atoms with Crippen molar-refractivity contribution in [3.63, 3.8) is 0 Å². The predicted molar refractivity (Wildman–Crippen MR) is 86.6 cm³/mol. The molecule has 22 heavy (non-hydrogen) atoms. The van der Waals surface area contributed by atoms with Gasteiger partial charge in [-0.25, -0.2) is 9.97 Å². The molecule has 0 atom stereocenters. The van der Waals surface area contributed by atoms with Gasteiger partial charge >= 0.3 is 0 Å². The van der Waals surface area contributed by atoms with Crippen molar-refractivity contribution in [2.75, 3.05) is 44.2 Å². The Morgan fingerprint density at radius 2 is 1.68 bits per heavy atom. The van der Waals surface area contributed by atoms with Crippen molar-refractivity contribution in [2.45, 2.75) is 6.54 Å². The molecule has 1 saturated heterocycles. The van der Waals surface area contributed by atoms with Crippen LogP contribution in [0.4, 0.5) is 5.95 Å². The minimum Gasteiger partial charge on any atom is -0.338 e. The molecule has 3 heterocycles. The number of rotatable bonds is 6. The number of aromatic nitrogens is 3. The van der Waals surface area contributed by atoms with Crippen molar-refractivity contribution in [1.82, 2.24) is 25.2 Å². The molecule has 0 unspecified atom stereocenters. The Morgan fingerprint density at radius 1 is 0.909 bits per heavy atom. The summed E-state index contributed by atoms with van der Waals surface area (Å²) in [5.74, 6) is 0.843. The van der Waals surface area contributed by atoms with Gasteiger partial charge in [0.2, 0.25) is 5.95 Å². The largest absolute Gasteiger partial charge is 0.338 e. The molecule has 1 aliphatic heterocycles. The summed E-state index contributed by atoms with van der Waals surface area (Å²) in [6, 6.07) is 7.87. The fourth-order valence-electron chi connectivity index (χ4n) is 2.58. The number of hydrogen-bond donors (Lipinski definition) is 1. The van der Waals surface area contributed by atoms with E-state index in [0.717, 1.165) is 57.5 Å². The highest BCUT2D eigenvalue weighted by molar-refractivity contribution is 5.29. The van der Waals surface area contributed by atoms with Gasteiger partial charge in [0.15, 0.2) is 0 Å². The van der Waals surface area contributed by atoms with Crippen molar-refractivity contribution in [1.29, 1.82) is 0 Å². The lowest BCUT2D eigenvalue weighted by Crippen LogP contribution is -2.48. The zero-order chi connectivity index (χ0) is 15.0. The second-order valence-electron chi connectivity index (χ2n) is 5.38. The number of hydrogen-bond acceptors (Lipinski definition) is 6. The molecule has 1 fully saturated rings. The van der Waals surface area contributed by atoms with E-state index in [1.165, 1.54) is 0 Å². The van der Waals surface area contributed by atoms with Gasteiger partial charge in [-0.3, -0.25) is 9.88 Å². The van der Waals surface area contributed by atoms with Crippen LogP contribution in [0.3, 0.4) is 0 Å². The summed E-state index contributed by atoms with van der Waals surface area (Å²) in [4.78, 5) is 17.7. The minimum absolute atomic E-state index is 0.832. The molecule has 0 bridgehead atoms. The van der Waals surface area contributed by atoms with Crippen LogP contribution in [-0.4, -0.2) is 59.1 Å². The molecule has 6 heteroatoms. The van der Waals surface area contributed by atoms with Gasteiger partial charge in [0, 0.05) is 64.4 Å². The van der Waals surface area contributed by atoms with Crippen molar-refractivity contribution >= 4 is 5.95 Å². The normalized spacial score (nSPS) is 15.9. The van der Waals surface area contributed by atoms with E-state index >= 15 is 0 Å². The smallest absolute Gasteiger partial charge is 0.225 e. The van der Waals surface area contributed by atoms with E-state index in [1.54, 1.807) is 12.4 Å². The monoisotopic (exact) mass is 298 g/mol. The molecule has 0 aliphatic carbocycles. The maximum atomic E-state index is 4.31. The van der Waals surface area contributed by atoms with Crippen LogP contribution in [0.1, 0.15) is 5.69 Å². The molecular formula is C16H22N6. The van der Waals surface area contributed by atoms with Gasteiger partial charge in [0.05, 0.1) is 5.69 Å². The fourth-order valence-corrected chi connectivity index (χ4v) is 2.58. The molecule has 1 N–H and O–H groups in total. The Balaban J connectivity index is 1.34. The maximum absolute atomic E-state index is 4.31. The van der Waals surface area contributed by atoms with Gasteiger partial charge in [-0.2, -0.15) is 0 Å². The summed E-state index contributed by atoms with van der Waals surface area (Å²) in [5.41, 5.74) is 1.09. The van der Waals surface area contributed by atoms with Crippen LogP contribution in [-0.2, 0) is 6.54 Å². The first-order valence-corrected chi connectivity index (χ1v) is 7.77. The molecule has 0 aromatic carbocycles. The summed E-state index contributed by atoms with van der Waals surface area (Å²) in [6.45, 7) is 6.98. The molecule has 6 nitrogen and oxygen atoms in total. The zero-order valence-corrected chi connectivity index (χ0v) is 12.7. The van der Waals surface area contributed by atoms with Crippen LogP contribution < -0.4 is 10.2 Å². The van der Waals surface area contributed by atoms with Crippen LogP contribution in [0.5, 0.6) is 0 Å². The van der Waals surface area contributed by atoms with Crippen molar-refractivity contribution in [3.05, 3.63) is 48.5 Å². The average Bonchev–Trinajstić information content (AvgIpc) is 2.61. The lowest BCUT2D eigenvalue weighted by Gasteiger charge is -2.34. The standard InChI is InChI=1S/C16H22N6/c1-2-5-18-15(4-1)14-17-8-9-21-10-12-22(13-11-21)16-19-6-3-7-20-16/h1-7,17H,8-14H2. The van der Waals surface area contributed by atoms with Gasteiger partial charge in [-0.05, 0) is 18.2 Å². The van der Waals surface area contributed by atoms with E-state index in [2.05, 4.69) is 30.1 Å². The van der Waals surface area contributed by atoms with Gasteiger partial charge in [0.1, 0.15) is 0 Å². The van der Waals surface area contributed by atoms with Crippen molar-refractivity contribution < 1.29 is 0 Å². The quantitative estimate of drug-likeness (QED) is 0.796. The summed E-state index contributed by atoms with van der Waals surface area (Å²) < 4.78 is 0. The Labute approximate surface area is 131 Å². The highest BCUT2D eigenvalue weighted by Gasteiger charge is 2.17. The van der Waals surface area contributed by atoms with Gasteiger partial charge in [0.25, 0.3) is 0 Å². The predicted octanol–water partition coefficient (Wildman–Crippen LogP) is 0.783. The van der Waals surface area contributed by atoms with Crippen LogP contribution in [0.2, 0.25) is 0 Å². The Morgan fingerprint density at radius 3 is 2.41 bits per heavy atom. The third kappa shape index (κ3) is 4.22. The lowest BCUT2D eigenvalue weighted by molar-refractivity contribution is 0.256. The highest BCUT2D eigenvalue weighted by Crippen LogP contribution is 2.09. The van der Waals surface area contributed by atoms with E-state index < -0.39 is 0 Å². The van der Waals surface area contributed by atoms with Gasteiger partial charge < -0.3 is 10.2 Å². The Kier molecular flexibility index (Phi) is 5.28. The summed E-state index contributed by atoms with van der Waals surface area (Å²) in [5, 5.41) is 3.45. The van der Waals surface area contributed by atoms with Crippen molar-refractivity contribution in [3.8, 4) is 0 Å². The Bertz CT molecular complexity index is 539. The number of piperazine rings is 1. The first-order chi connectivity index (χ1) is 10.9. The van der Waals surface area contributed by atoms with E-state index in [-0.39, 0.29) is 0 Å². The molecule has 1 aliphatic rings. The van der Waals surface area contributed by atoms with Gasteiger partial charge in [-0.1, -0.05) is 6.07 Å². The lowest BCUT2D eigenvalue weighted by atomic mass is 10.3. The molecule has 0 saturated carbocycles. The minimum atomic E-state index is 0.832. The SMILES string of the molecule is c1ccc(CNCCN2CCN(c3ncccn3)CC2)nc1. The molecular weight excluding hydrogens is 276 g/mol. The maximum Gasteiger partial charge on any atom is 0.225 e. The first-order valence-electron chi connectivity index (χ1n) is 7.77. The third-order valence-corrected chi connectivity index (χ3v) is 3.84. The van der Waals surface area contributed by atoms with Crippen LogP contribution in [0, 0.1) is 0 Å². The number of nitrogens with one attached hydrogen (secondary N) is 1. The van der Waals surface area contributed by atoms with Crippen LogP contribution in [0.25, 0.3) is 0 Å². The Hall–Kier alpha value is -2.05. The van der Waals surface area contributed by atoms with Crippen LogP contribution in [0.15, 0.2) is 42.9 Å². The molecule has 2 aromatic heterocycles.